The largest absolute Gasteiger partial charge is 0.487 e. The number of nitrogens with two attached hydrogens (primary N) is 1. The molecular weight excluding hydrogens is 475 g/mol. The predicted molar refractivity (Wildman–Crippen MR) is 128 cm³/mol. The van der Waals surface area contributed by atoms with Gasteiger partial charge in [0.25, 0.3) is 0 Å². The maximum absolute atomic E-state index is 14.6. The molecule has 2 aromatic heterocycles. The van der Waals surface area contributed by atoms with Gasteiger partial charge >= 0.3 is 0 Å². The van der Waals surface area contributed by atoms with Crippen LogP contribution in [0.25, 0.3) is 0 Å². The van der Waals surface area contributed by atoms with E-state index in [9.17, 15) is 12.8 Å². The van der Waals surface area contributed by atoms with Gasteiger partial charge in [-0.3, -0.25) is 0 Å². The number of nitrogens with zero attached hydrogens (tertiary/aromatic N) is 4. The third-order valence-electron chi connectivity index (χ3n) is 5.08. The lowest BCUT2D eigenvalue weighted by Crippen LogP contribution is -2.15. The normalized spacial score (nSPS) is 11.3. The highest BCUT2D eigenvalue weighted by Gasteiger charge is 2.16. The van der Waals surface area contributed by atoms with Crippen LogP contribution in [0.1, 0.15) is 17.0 Å². The van der Waals surface area contributed by atoms with Crippen LogP contribution < -0.4 is 20.1 Å². The van der Waals surface area contributed by atoms with Crippen molar-refractivity contribution in [2.24, 2.45) is 5.14 Å². The van der Waals surface area contributed by atoms with Crippen molar-refractivity contribution in [2.45, 2.75) is 25.3 Å². The zero-order valence-corrected chi connectivity index (χ0v) is 20.0. The molecule has 12 heteroatoms. The maximum atomic E-state index is 14.6. The standard InChI is InChI=1S/C23H23FN6O4S/c1-14-4-5-16(11-21(14)35(25,31)32)27-23-26-12-20(24)22(28-23)30(3)18-6-8-19(9-7-18)33-13-17-10-15(2)34-29-17/h4-12H,13H2,1-3H3,(H2,25,31,32)(H,26,27,28). The van der Waals surface area contributed by atoms with Crippen LogP contribution in [0, 0.1) is 19.7 Å². The average molecular weight is 499 g/mol. The van der Waals surface area contributed by atoms with Crippen LogP contribution in [0.2, 0.25) is 0 Å². The molecule has 0 saturated carbocycles. The van der Waals surface area contributed by atoms with Gasteiger partial charge in [-0.05, 0) is 55.8 Å². The number of aryl methyl sites for hydroxylation is 2. The number of benzene rings is 2. The van der Waals surface area contributed by atoms with E-state index in [2.05, 4.69) is 20.4 Å². The lowest BCUT2D eigenvalue weighted by Gasteiger charge is -2.20. The van der Waals surface area contributed by atoms with Crippen LogP contribution in [0.4, 0.5) is 27.5 Å². The first-order chi connectivity index (χ1) is 16.6. The van der Waals surface area contributed by atoms with Gasteiger partial charge in [0.1, 0.15) is 23.8 Å². The van der Waals surface area contributed by atoms with E-state index >= 15 is 0 Å². The summed E-state index contributed by atoms with van der Waals surface area (Å²) in [7, 11) is -2.24. The Morgan fingerprint density at radius 3 is 2.54 bits per heavy atom. The molecule has 0 amide bonds. The van der Waals surface area contributed by atoms with Gasteiger partial charge < -0.3 is 19.5 Å². The van der Waals surface area contributed by atoms with Crippen molar-refractivity contribution in [1.82, 2.24) is 15.1 Å². The second kappa shape index (κ2) is 9.68. The topological polar surface area (TPSA) is 136 Å². The number of hydrogen-bond acceptors (Lipinski definition) is 9. The molecule has 0 fully saturated rings. The van der Waals surface area contributed by atoms with Crippen molar-refractivity contribution >= 4 is 33.2 Å². The summed E-state index contributed by atoms with van der Waals surface area (Å²) < 4.78 is 48.9. The Kier molecular flexibility index (Phi) is 6.67. The molecule has 182 valence electrons. The minimum atomic E-state index is -3.90. The van der Waals surface area contributed by atoms with Crippen LogP contribution in [-0.4, -0.2) is 30.6 Å². The molecule has 4 rings (SSSR count). The third-order valence-corrected chi connectivity index (χ3v) is 6.13. The number of sulfonamides is 1. The molecule has 0 atom stereocenters. The number of hydrogen-bond donors (Lipinski definition) is 2. The number of nitrogens with one attached hydrogen (secondary N) is 1. The van der Waals surface area contributed by atoms with E-state index in [1.807, 2.05) is 0 Å². The summed E-state index contributed by atoms with van der Waals surface area (Å²) in [5, 5.41) is 12.0. The van der Waals surface area contributed by atoms with Gasteiger partial charge in [-0.25, -0.2) is 22.9 Å². The van der Waals surface area contributed by atoms with E-state index in [4.69, 9.17) is 14.4 Å². The molecular formula is C23H23FN6O4S. The minimum absolute atomic E-state index is 0.0213. The molecule has 2 heterocycles. The van der Waals surface area contributed by atoms with Gasteiger partial charge in [0.2, 0.25) is 16.0 Å². The molecule has 0 spiro atoms. The van der Waals surface area contributed by atoms with Crippen molar-refractivity contribution in [2.75, 3.05) is 17.3 Å². The Morgan fingerprint density at radius 2 is 1.89 bits per heavy atom. The monoisotopic (exact) mass is 498 g/mol. The molecule has 35 heavy (non-hydrogen) atoms. The second-order valence-electron chi connectivity index (χ2n) is 7.79. The van der Waals surface area contributed by atoms with Crippen LogP contribution in [0.15, 0.2) is 64.1 Å². The zero-order valence-electron chi connectivity index (χ0n) is 19.2. The Balaban J connectivity index is 1.50. The van der Waals surface area contributed by atoms with Gasteiger partial charge in [-0.2, -0.15) is 4.98 Å². The van der Waals surface area contributed by atoms with Crippen molar-refractivity contribution < 1.29 is 22.1 Å². The molecule has 0 aliphatic rings. The fraction of sp³-hybridized carbons (Fsp3) is 0.174. The van der Waals surface area contributed by atoms with Crippen molar-refractivity contribution in [3.63, 3.8) is 0 Å². The Morgan fingerprint density at radius 1 is 1.14 bits per heavy atom. The number of halogens is 1. The summed E-state index contributed by atoms with van der Waals surface area (Å²) in [6.07, 6.45) is 1.04. The summed E-state index contributed by atoms with van der Waals surface area (Å²) in [4.78, 5) is 9.74. The molecule has 3 N–H and O–H groups in total. The highest BCUT2D eigenvalue weighted by atomic mass is 32.2. The summed E-state index contributed by atoms with van der Waals surface area (Å²) in [6.45, 7) is 3.70. The predicted octanol–water partition coefficient (Wildman–Crippen LogP) is 3.96. The van der Waals surface area contributed by atoms with E-state index in [1.54, 1.807) is 68.3 Å². The first kappa shape index (κ1) is 24.1. The first-order valence-corrected chi connectivity index (χ1v) is 12.0. The second-order valence-corrected chi connectivity index (χ2v) is 9.32. The van der Waals surface area contributed by atoms with E-state index in [1.165, 1.54) is 6.07 Å². The van der Waals surface area contributed by atoms with E-state index in [0.717, 1.165) is 6.20 Å². The summed E-state index contributed by atoms with van der Waals surface area (Å²) >= 11 is 0. The van der Waals surface area contributed by atoms with E-state index < -0.39 is 15.8 Å². The Labute approximate surface area is 201 Å². The number of ether oxygens (including phenoxy) is 1. The van der Waals surface area contributed by atoms with Crippen LogP contribution in [-0.2, 0) is 16.6 Å². The lowest BCUT2D eigenvalue weighted by molar-refractivity contribution is 0.288. The van der Waals surface area contributed by atoms with Crippen molar-refractivity contribution in [1.29, 1.82) is 0 Å². The van der Waals surface area contributed by atoms with Gasteiger partial charge in [0.05, 0.1) is 11.1 Å². The zero-order chi connectivity index (χ0) is 25.2. The average Bonchev–Trinajstić information content (AvgIpc) is 3.24. The van der Waals surface area contributed by atoms with Crippen LogP contribution in [0.3, 0.4) is 0 Å². The fourth-order valence-corrected chi connectivity index (χ4v) is 4.11. The van der Waals surface area contributed by atoms with Gasteiger partial charge in [-0.15, -0.1) is 0 Å². The summed E-state index contributed by atoms with van der Waals surface area (Å²) in [5.41, 5.74) is 2.23. The highest BCUT2D eigenvalue weighted by molar-refractivity contribution is 7.89. The Bertz CT molecular complexity index is 1460. The quantitative estimate of drug-likeness (QED) is 0.370. The summed E-state index contributed by atoms with van der Waals surface area (Å²) in [5.74, 6) is 0.786. The van der Waals surface area contributed by atoms with Crippen molar-refractivity contribution in [3.05, 3.63) is 77.6 Å². The van der Waals surface area contributed by atoms with Gasteiger partial charge in [-0.1, -0.05) is 11.2 Å². The molecule has 10 nitrogen and oxygen atoms in total. The fourth-order valence-electron chi connectivity index (χ4n) is 3.30. The SMILES string of the molecule is Cc1cc(COc2ccc(N(C)c3nc(Nc4ccc(C)c(S(N)(=O)=O)c4)ncc3F)cc2)no1. The number of rotatable bonds is 8. The lowest BCUT2D eigenvalue weighted by atomic mass is 10.2. The highest BCUT2D eigenvalue weighted by Crippen LogP contribution is 2.28. The van der Waals surface area contributed by atoms with Gasteiger partial charge in [0.15, 0.2) is 11.6 Å². The van der Waals surface area contributed by atoms with Crippen molar-refractivity contribution in [3.8, 4) is 5.75 Å². The third kappa shape index (κ3) is 5.73. The summed E-state index contributed by atoms with van der Waals surface area (Å²) in [6, 6.07) is 13.4. The molecule has 4 aromatic rings. The van der Waals surface area contributed by atoms with E-state index in [0.29, 0.717) is 34.1 Å². The minimum Gasteiger partial charge on any atom is -0.487 e. The molecule has 0 saturated heterocycles. The molecule has 0 aliphatic heterocycles. The smallest absolute Gasteiger partial charge is 0.238 e. The molecule has 0 bridgehead atoms. The molecule has 0 aliphatic carbocycles. The Hall–Kier alpha value is -4.03. The van der Waals surface area contributed by atoms with Crippen LogP contribution >= 0.6 is 0 Å². The van der Waals surface area contributed by atoms with Gasteiger partial charge in [0, 0.05) is 24.5 Å². The molecule has 0 unspecified atom stereocenters. The molecule has 2 aromatic carbocycles. The molecule has 0 radical (unpaired) electrons. The number of primary sulfonamides is 1. The first-order valence-electron chi connectivity index (χ1n) is 10.4. The van der Waals surface area contributed by atoms with Crippen LogP contribution in [0.5, 0.6) is 5.75 Å². The maximum Gasteiger partial charge on any atom is 0.238 e. The van der Waals surface area contributed by atoms with E-state index in [-0.39, 0.29) is 23.3 Å². The number of anilines is 4. The number of aromatic nitrogens is 3.